The fraction of sp³-hybridized carbons (Fsp3) is 0.684. The Morgan fingerprint density at radius 3 is 2.67 bits per heavy atom. The van der Waals surface area contributed by atoms with E-state index >= 15 is 0 Å². The summed E-state index contributed by atoms with van der Waals surface area (Å²) in [5.41, 5.74) is 1.52. The fourth-order valence-corrected chi connectivity index (χ4v) is 4.31. The van der Waals surface area contributed by atoms with E-state index in [9.17, 15) is 0 Å². The first-order valence-corrected chi connectivity index (χ1v) is 8.93. The van der Waals surface area contributed by atoms with Crippen molar-refractivity contribution in [2.75, 3.05) is 26.2 Å². The first-order valence-electron chi connectivity index (χ1n) is 8.93. The average Bonchev–Trinajstić information content (AvgIpc) is 3.23. The lowest BCUT2D eigenvalue weighted by atomic mass is 9.99. The van der Waals surface area contributed by atoms with Crippen LogP contribution in [0.15, 0.2) is 30.3 Å². The van der Waals surface area contributed by atoms with Gasteiger partial charge < -0.3 is 0 Å². The normalized spacial score (nSPS) is 30.5. The molecule has 114 valence electrons. The quantitative estimate of drug-likeness (QED) is 0.813. The van der Waals surface area contributed by atoms with E-state index < -0.39 is 0 Å². The van der Waals surface area contributed by atoms with Gasteiger partial charge in [-0.1, -0.05) is 43.2 Å². The van der Waals surface area contributed by atoms with Gasteiger partial charge in [0.25, 0.3) is 0 Å². The Morgan fingerprint density at radius 2 is 1.86 bits per heavy atom. The summed E-state index contributed by atoms with van der Waals surface area (Å²) in [5, 5.41) is 0. The third kappa shape index (κ3) is 3.17. The maximum absolute atomic E-state index is 2.80. The number of benzene rings is 1. The molecule has 1 saturated carbocycles. The van der Waals surface area contributed by atoms with Crippen molar-refractivity contribution in [3.8, 4) is 0 Å². The van der Waals surface area contributed by atoms with Crippen LogP contribution in [0.4, 0.5) is 0 Å². The van der Waals surface area contributed by atoms with E-state index in [1.54, 1.807) is 0 Å². The largest absolute Gasteiger partial charge is 0.297 e. The van der Waals surface area contributed by atoms with Gasteiger partial charge in [-0.05, 0) is 50.3 Å². The monoisotopic (exact) mass is 284 g/mol. The van der Waals surface area contributed by atoms with Gasteiger partial charge in [-0.3, -0.25) is 9.80 Å². The lowest BCUT2D eigenvalue weighted by Crippen LogP contribution is -2.51. The SMILES string of the molecule is c1ccc(C2CN3CCCC3CN2CCCC2CC2)cc1. The van der Waals surface area contributed by atoms with Crippen LogP contribution in [0, 0.1) is 5.92 Å². The Morgan fingerprint density at radius 1 is 1.00 bits per heavy atom. The summed E-state index contributed by atoms with van der Waals surface area (Å²) >= 11 is 0. The Bertz CT molecular complexity index is 454. The van der Waals surface area contributed by atoms with Gasteiger partial charge in [0.1, 0.15) is 0 Å². The molecule has 0 bridgehead atoms. The summed E-state index contributed by atoms with van der Waals surface area (Å²) in [6.45, 7) is 5.17. The molecule has 1 aliphatic carbocycles. The smallest absolute Gasteiger partial charge is 0.0475 e. The maximum atomic E-state index is 2.80. The number of fused-ring (bicyclic) bond motifs is 1. The van der Waals surface area contributed by atoms with E-state index in [4.69, 9.17) is 0 Å². The molecule has 0 amide bonds. The number of rotatable bonds is 5. The van der Waals surface area contributed by atoms with Crippen LogP contribution in [-0.4, -0.2) is 42.0 Å². The van der Waals surface area contributed by atoms with Crippen molar-refractivity contribution < 1.29 is 0 Å². The lowest BCUT2D eigenvalue weighted by molar-refractivity contribution is 0.0490. The molecule has 4 rings (SSSR count). The fourth-order valence-electron chi connectivity index (χ4n) is 4.31. The van der Waals surface area contributed by atoms with Crippen molar-refractivity contribution in [3.63, 3.8) is 0 Å². The van der Waals surface area contributed by atoms with Crippen molar-refractivity contribution in [2.24, 2.45) is 5.92 Å². The van der Waals surface area contributed by atoms with Crippen LogP contribution in [0.1, 0.15) is 50.1 Å². The molecule has 3 fully saturated rings. The van der Waals surface area contributed by atoms with Crippen LogP contribution in [-0.2, 0) is 0 Å². The highest BCUT2D eigenvalue weighted by Gasteiger charge is 2.36. The molecule has 3 aliphatic rings. The molecule has 21 heavy (non-hydrogen) atoms. The number of nitrogens with zero attached hydrogens (tertiary/aromatic N) is 2. The van der Waals surface area contributed by atoms with Gasteiger partial charge in [-0.15, -0.1) is 0 Å². The molecule has 2 nitrogen and oxygen atoms in total. The van der Waals surface area contributed by atoms with Crippen LogP contribution in [0.5, 0.6) is 0 Å². The molecule has 0 N–H and O–H groups in total. The molecule has 0 spiro atoms. The lowest BCUT2D eigenvalue weighted by Gasteiger charge is -2.44. The van der Waals surface area contributed by atoms with E-state index in [0.717, 1.165) is 12.0 Å². The van der Waals surface area contributed by atoms with Gasteiger partial charge in [0.05, 0.1) is 0 Å². The Labute approximate surface area is 129 Å². The van der Waals surface area contributed by atoms with Crippen LogP contribution < -0.4 is 0 Å². The molecule has 1 aromatic carbocycles. The van der Waals surface area contributed by atoms with E-state index in [2.05, 4.69) is 40.1 Å². The number of hydrogen-bond acceptors (Lipinski definition) is 2. The molecule has 2 saturated heterocycles. The third-order valence-electron chi connectivity index (χ3n) is 5.73. The van der Waals surface area contributed by atoms with E-state index in [0.29, 0.717) is 6.04 Å². The summed E-state index contributed by atoms with van der Waals surface area (Å²) in [6, 6.07) is 12.7. The first kappa shape index (κ1) is 13.8. The van der Waals surface area contributed by atoms with E-state index in [-0.39, 0.29) is 0 Å². The predicted octanol–water partition coefficient (Wildman–Crippen LogP) is 3.70. The topological polar surface area (TPSA) is 6.48 Å². The van der Waals surface area contributed by atoms with Crippen molar-refractivity contribution in [3.05, 3.63) is 35.9 Å². The van der Waals surface area contributed by atoms with Gasteiger partial charge in [0.15, 0.2) is 0 Å². The highest BCUT2D eigenvalue weighted by Crippen LogP contribution is 2.35. The predicted molar refractivity (Wildman–Crippen MR) is 87.3 cm³/mol. The second-order valence-corrected chi connectivity index (χ2v) is 7.30. The van der Waals surface area contributed by atoms with Crippen molar-refractivity contribution in [1.29, 1.82) is 0 Å². The molecule has 2 unspecified atom stereocenters. The van der Waals surface area contributed by atoms with Gasteiger partial charge in [-0.2, -0.15) is 0 Å². The average molecular weight is 284 g/mol. The molecule has 2 heteroatoms. The van der Waals surface area contributed by atoms with Gasteiger partial charge in [-0.25, -0.2) is 0 Å². The zero-order valence-corrected chi connectivity index (χ0v) is 13.1. The molecule has 0 aromatic heterocycles. The van der Waals surface area contributed by atoms with Crippen molar-refractivity contribution in [1.82, 2.24) is 9.80 Å². The minimum atomic E-state index is 0.625. The molecule has 2 aliphatic heterocycles. The second kappa shape index (κ2) is 6.10. The summed E-state index contributed by atoms with van der Waals surface area (Å²) in [6.07, 6.45) is 8.69. The Hall–Kier alpha value is -0.860. The molecule has 2 heterocycles. The third-order valence-corrected chi connectivity index (χ3v) is 5.73. The van der Waals surface area contributed by atoms with Gasteiger partial charge in [0, 0.05) is 25.2 Å². The number of hydrogen-bond donors (Lipinski definition) is 0. The summed E-state index contributed by atoms with van der Waals surface area (Å²) < 4.78 is 0. The maximum Gasteiger partial charge on any atom is 0.0475 e. The Kier molecular flexibility index (Phi) is 4.00. The van der Waals surface area contributed by atoms with E-state index in [1.165, 1.54) is 70.3 Å². The summed E-state index contributed by atoms with van der Waals surface area (Å²) in [5.74, 6) is 1.08. The zero-order chi connectivity index (χ0) is 14.1. The molecular weight excluding hydrogens is 256 g/mol. The minimum Gasteiger partial charge on any atom is -0.297 e. The molecule has 0 radical (unpaired) electrons. The zero-order valence-electron chi connectivity index (χ0n) is 13.1. The molecule has 2 atom stereocenters. The summed E-state index contributed by atoms with van der Waals surface area (Å²) in [4.78, 5) is 5.54. The van der Waals surface area contributed by atoms with Crippen molar-refractivity contribution in [2.45, 2.75) is 50.6 Å². The van der Waals surface area contributed by atoms with Crippen LogP contribution >= 0.6 is 0 Å². The first-order chi connectivity index (χ1) is 10.4. The van der Waals surface area contributed by atoms with Gasteiger partial charge in [0.2, 0.25) is 0 Å². The number of piperazine rings is 1. The highest BCUT2D eigenvalue weighted by molar-refractivity contribution is 5.20. The van der Waals surface area contributed by atoms with Crippen LogP contribution in [0.25, 0.3) is 0 Å². The minimum absolute atomic E-state index is 0.625. The highest BCUT2D eigenvalue weighted by atomic mass is 15.3. The van der Waals surface area contributed by atoms with E-state index in [1.807, 2.05) is 0 Å². The van der Waals surface area contributed by atoms with Crippen LogP contribution in [0.2, 0.25) is 0 Å². The van der Waals surface area contributed by atoms with Gasteiger partial charge >= 0.3 is 0 Å². The Balaban J connectivity index is 1.45. The molecular formula is C19H28N2. The summed E-state index contributed by atoms with van der Waals surface area (Å²) in [7, 11) is 0. The molecule has 1 aromatic rings. The standard InChI is InChI=1S/C19H28N2/c1-2-7-17(8-3-1)19-15-20-12-5-9-18(20)14-21(19)13-4-6-16-10-11-16/h1-3,7-8,16,18-19H,4-6,9-15H2. The van der Waals surface area contributed by atoms with Crippen LogP contribution in [0.3, 0.4) is 0 Å². The van der Waals surface area contributed by atoms with Crippen molar-refractivity contribution >= 4 is 0 Å². The second-order valence-electron chi connectivity index (χ2n) is 7.30.